The molecule has 0 saturated heterocycles. The normalized spacial score (nSPS) is 15.2. The number of nitro groups is 1. The summed E-state index contributed by atoms with van der Waals surface area (Å²) in [6.07, 6.45) is 2.15. The molecule has 0 radical (unpaired) electrons. The van der Waals surface area contributed by atoms with Gasteiger partial charge >= 0.3 is 0 Å². The molecule has 0 aromatic heterocycles. The highest BCUT2D eigenvalue weighted by Crippen LogP contribution is 2.30. The number of rotatable bonds is 4. The van der Waals surface area contributed by atoms with Gasteiger partial charge in [-0.1, -0.05) is 6.07 Å². The SMILES string of the molecule is C[N+](C)(C)CCN1CCCc2ccc([N+](=O)[O-])cc21. The average molecular weight is 264 g/mol. The third kappa shape index (κ3) is 3.44. The van der Waals surface area contributed by atoms with Crippen LogP contribution < -0.4 is 4.90 Å². The van der Waals surface area contributed by atoms with Gasteiger partial charge in [0.2, 0.25) is 0 Å². The van der Waals surface area contributed by atoms with Crippen molar-refractivity contribution in [1.82, 2.24) is 0 Å². The van der Waals surface area contributed by atoms with Crippen LogP contribution in [0.2, 0.25) is 0 Å². The van der Waals surface area contributed by atoms with E-state index in [9.17, 15) is 10.1 Å². The maximum Gasteiger partial charge on any atom is 0.271 e. The van der Waals surface area contributed by atoms with Crippen LogP contribution in [0.15, 0.2) is 18.2 Å². The van der Waals surface area contributed by atoms with E-state index >= 15 is 0 Å². The largest absolute Gasteiger partial charge is 0.365 e. The van der Waals surface area contributed by atoms with E-state index in [-0.39, 0.29) is 10.6 Å². The zero-order chi connectivity index (χ0) is 14.0. The Morgan fingerprint density at radius 2 is 2.11 bits per heavy atom. The van der Waals surface area contributed by atoms with E-state index < -0.39 is 0 Å². The fourth-order valence-corrected chi connectivity index (χ4v) is 2.41. The van der Waals surface area contributed by atoms with Crippen LogP contribution in [0.3, 0.4) is 0 Å². The maximum atomic E-state index is 10.9. The molecule has 1 aliphatic rings. The second kappa shape index (κ2) is 5.17. The highest BCUT2D eigenvalue weighted by molar-refractivity contribution is 5.60. The van der Waals surface area contributed by atoms with Crippen molar-refractivity contribution in [2.24, 2.45) is 0 Å². The van der Waals surface area contributed by atoms with E-state index in [0.29, 0.717) is 0 Å². The first-order valence-electron chi connectivity index (χ1n) is 6.69. The lowest BCUT2D eigenvalue weighted by atomic mass is 10.0. The number of benzene rings is 1. The molecule has 5 nitrogen and oxygen atoms in total. The molecule has 0 bridgehead atoms. The molecule has 1 aliphatic heterocycles. The number of aryl methyl sites for hydroxylation is 1. The highest BCUT2D eigenvalue weighted by Gasteiger charge is 2.21. The minimum Gasteiger partial charge on any atom is -0.365 e. The second-order valence-electron chi connectivity index (χ2n) is 6.17. The van der Waals surface area contributed by atoms with E-state index in [0.717, 1.165) is 42.6 Å². The Morgan fingerprint density at radius 1 is 1.37 bits per heavy atom. The molecule has 0 fully saturated rings. The molecule has 1 heterocycles. The van der Waals surface area contributed by atoms with E-state index in [1.807, 2.05) is 6.07 Å². The summed E-state index contributed by atoms with van der Waals surface area (Å²) < 4.78 is 0.904. The van der Waals surface area contributed by atoms with Crippen molar-refractivity contribution in [3.05, 3.63) is 33.9 Å². The van der Waals surface area contributed by atoms with Crippen LogP contribution in [0.25, 0.3) is 0 Å². The molecule has 0 atom stereocenters. The van der Waals surface area contributed by atoms with E-state index in [2.05, 4.69) is 26.0 Å². The molecule has 0 saturated carbocycles. The van der Waals surface area contributed by atoms with Crippen LogP contribution in [-0.4, -0.2) is 50.2 Å². The first kappa shape index (κ1) is 13.8. The van der Waals surface area contributed by atoms with Gasteiger partial charge in [0.05, 0.1) is 39.2 Å². The third-order valence-electron chi connectivity index (χ3n) is 3.54. The number of hydrogen-bond donors (Lipinski definition) is 0. The molecule has 2 rings (SSSR count). The number of nitrogens with zero attached hydrogens (tertiary/aromatic N) is 3. The molecule has 0 unspecified atom stereocenters. The van der Waals surface area contributed by atoms with Gasteiger partial charge in [0.1, 0.15) is 0 Å². The topological polar surface area (TPSA) is 46.4 Å². The summed E-state index contributed by atoms with van der Waals surface area (Å²) in [6, 6.07) is 5.25. The van der Waals surface area contributed by atoms with Crippen LogP contribution >= 0.6 is 0 Å². The van der Waals surface area contributed by atoms with Gasteiger partial charge < -0.3 is 9.38 Å². The summed E-state index contributed by atoms with van der Waals surface area (Å²) in [4.78, 5) is 12.9. The van der Waals surface area contributed by atoms with E-state index in [1.165, 1.54) is 5.56 Å². The Labute approximate surface area is 114 Å². The third-order valence-corrected chi connectivity index (χ3v) is 3.54. The lowest BCUT2D eigenvalue weighted by Gasteiger charge is -2.34. The van der Waals surface area contributed by atoms with Gasteiger partial charge in [0, 0.05) is 24.4 Å². The Balaban J connectivity index is 2.21. The number of anilines is 1. The van der Waals surface area contributed by atoms with Gasteiger partial charge in [-0.05, 0) is 18.4 Å². The number of hydrogen-bond acceptors (Lipinski definition) is 3. The second-order valence-corrected chi connectivity index (χ2v) is 6.17. The van der Waals surface area contributed by atoms with Gasteiger partial charge in [-0.3, -0.25) is 10.1 Å². The van der Waals surface area contributed by atoms with Crippen LogP contribution in [0.5, 0.6) is 0 Å². The molecule has 19 heavy (non-hydrogen) atoms. The summed E-state index contributed by atoms with van der Waals surface area (Å²) in [6.45, 7) is 2.97. The van der Waals surface area contributed by atoms with Gasteiger partial charge in [-0.2, -0.15) is 0 Å². The zero-order valence-electron chi connectivity index (χ0n) is 11.9. The van der Waals surface area contributed by atoms with Crippen LogP contribution in [0.1, 0.15) is 12.0 Å². The number of non-ortho nitro benzene ring substituents is 1. The van der Waals surface area contributed by atoms with Gasteiger partial charge in [0.25, 0.3) is 5.69 Å². The molecule has 0 aliphatic carbocycles. The molecule has 0 spiro atoms. The first-order chi connectivity index (χ1) is 8.87. The quantitative estimate of drug-likeness (QED) is 0.475. The molecule has 5 heteroatoms. The van der Waals surface area contributed by atoms with Crippen molar-refractivity contribution < 1.29 is 9.41 Å². The van der Waals surface area contributed by atoms with Crippen LogP contribution in [-0.2, 0) is 6.42 Å². The van der Waals surface area contributed by atoms with Gasteiger partial charge in [-0.25, -0.2) is 0 Å². The summed E-state index contributed by atoms with van der Waals surface area (Å²) in [5.41, 5.74) is 2.48. The predicted molar refractivity (Wildman–Crippen MR) is 76.5 cm³/mol. The molecular weight excluding hydrogens is 242 g/mol. The van der Waals surface area contributed by atoms with Crippen LogP contribution in [0, 0.1) is 10.1 Å². The fraction of sp³-hybridized carbons (Fsp3) is 0.571. The molecule has 1 aromatic carbocycles. The predicted octanol–water partition coefficient (Wildman–Crippen LogP) is 2.05. The highest BCUT2D eigenvalue weighted by atomic mass is 16.6. The van der Waals surface area contributed by atoms with Gasteiger partial charge in [-0.15, -0.1) is 0 Å². The summed E-state index contributed by atoms with van der Waals surface area (Å²) in [5.74, 6) is 0. The van der Waals surface area contributed by atoms with Crippen molar-refractivity contribution in [3.63, 3.8) is 0 Å². The Bertz CT molecular complexity index is 480. The standard InChI is InChI=1S/C14H22N3O2/c1-17(2,3)10-9-15-8-4-5-12-6-7-13(16(18)19)11-14(12)15/h6-7,11H,4-5,8-10H2,1-3H3/q+1. The van der Waals surface area contributed by atoms with Crippen molar-refractivity contribution in [2.75, 3.05) is 45.7 Å². The molecule has 0 amide bonds. The van der Waals surface area contributed by atoms with E-state index in [4.69, 9.17) is 0 Å². The number of likely N-dealkylation sites (N-methyl/N-ethyl adjacent to an activating group) is 1. The van der Waals surface area contributed by atoms with Crippen molar-refractivity contribution in [1.29, 1.82) is 0 Å². The fourth-order valence-electron chi connectivity index (χ4n) is 2.41. The molecular formula is C14H22N3O2+. The summed E-state index contributed by atoms with van der Waals surface area (Å²) in [7, 11) is 6.49. The number of nitro benzene ring substituents is 1. The van der Waals surface area contributed by atoms with Crippen LogP contribution in [0.4, 0.5) is 11.4 Å². The smallest absolute Gasteiger partial charge is 0.271 e. The van der Waals surface area contributed by atoms with Gasteiger partial charge in [0.15, 0.2) is 0 Å². The van der Waals surface area contributed by atoms with E-state index in [1.54, 1.807) is 12.1 Å². The first-order valence-corrected chi connectivity index (χ1v) is 6.69. The number of quaternary nitrogens is 1. The lowest BCUT2D eigenvalue weighted by molar-refractivity contribution is -0.868. The zero-order valence-corrected chi connectivity index (χ0v) is 11.9. The Kier molecular flexibility index (Phi) is 3.75. The Morgan fingerprint density at radius 3 is 2.74 bits per heavy atom. The number of fused-ring (bicyclic) bond motifs is 1. The monoisotopic (exact) mass is 264 g/mol. The lowest BCUT2D eigenvalue weighted by Crippen LogP contribution is -2.43. The average Bonchev–Trinajstić information content (AvgIpc) is 2.34. The van der Waals surface area contributed by atoms with Crippen molar-refractivity contribution in [3.8, 4) is 0 Å². The summed E-state index contributed by atoms with van der Waals surface area (Å²) in [5, 5.41) is 10.9. The maximum absolute atomic E-state index is 10.9. The minimum atomic E-state index is -0.313. The molecule has 1 aromatic rings. The minimum absolute atomic E-state index is 0.191. The van der Waals surface area contributed by atoms with Crippen molar-refractivity contribution >= 4 is 11.4 Å². The Hall–Kier alpha value is -1.62. The molecule has 104 valence electrons. The summed E-state index contributed by atoms with van der Waals surface area (Å²) >= 11 is 0. The van der Waals surface area contributed by atoms with Crippen molar-refractivity contribution in [2.45, 2.75) is 12.8 Å². The molecule has 0 N–H and O–H groups in total.